The largest absolute Gasteiger partial charge is 0.492 e. The van der Waals surface area contributed by atoms with Crippen LogP contribution in [-0.4, -0.2) is 17.6 Å². The monoisotopic (exact) mass is 460 g/mol. The highest BCUT2D eigenvalue weighted by atomic mass is 32.1. The molecule has 7 heteroatoms. The smallest absolute Gasteiger partial charge is 0.281 e. The third-order valence-electron chi connectivity index (χ3n) is 5.70. The van der Waals surface area contributed by atoms with Gasteiger partial charge in [0, 0.05) is 6.08 Å². The van der Waals surface area contributed by atoms with Crippen LogP contribution in [0.4, 0.5) is 5.69 Å². The van der Waals surface area contributed by atoms with E-state index >= 15 is 0 Å². The van der Waals surface area contributed by atoms with Crippen molar-refractivity contribution in [2.24, 2.45) is 0 Å². The van der Waals surface area contributed by atoms with E-state index in [4.69, 9.17) is 26.1 Å². The Morgan fingerprint density at radius 1 is 1.09 bits per heavy atom. The molecule has 0 bridgehead atoms. The molecule has 1 aliphatic heterocycles. The van der Waals surface area contributed by atoms with Gasteiger partial charge in [0.15, 0.2) is 5.11 Å². The number of para-hydroxylation sites is 2. The second kappa shape index (κ2) is 9.11. The molecular weight excluding hydrogens is 436 g/mol. The standard InChI is InChI=1S/C26H24N2O4S/c1-2-30-24-9-4-3-8-23(24)28-25(29)22(27-26(28)33)15-20-12-13-21(32-20)16-31-19-11-10-17-6-5-7-18(17)14-19/h3-4,8-15H,2,5-7,16H2,1H3,(H,27,33)/b22-15+. The van der Waals surface area contributed by atoms with Crippen LogP contribution in [0.5, 0.6) is 11.5 Å². The van der Waals surface area contributed by atoms with E-state index in [-0.39, 0.29) is 5.91 Å². The fourth-order valence-electron chi connectivity index (χ4n) is 4.16. The lowest BCUT2D eigenvalue weighted by Gasteiger charge is -2.17. The van der Waals surface area contributed by atoms with Crippen LogP contribution in [0.25, 0.3) is 6.08 Å². The van der Waals surface area contributed by atoms with Gasteiger partial charge in [-0.2, -0.15) is 0 Å². The molecular formula is C26H24N2O4S. The molecule has 0 atom stereocenters. The summed E-state index contributed by atoms with van der Waals surface area (Å²) in [5.41, 5.74) is 3.73. The van der Waals surface area contributed by atoms with Crippen LogP contribution in [0.3, 0.4) is 0 Å². The molecule has 33 heavy (non-hydrogen) atoms. The number of furan rings is 1. The molecule has 1 fully saturated rings. The minimum Gasteiger partial charge on any atom is -0.492 e. The number of aryl methyl sites for hydroxylation is 2. The summed E-state index contributed by atoms with van der Waals surface area (Å²) in [6, 6.07) is 17.2. The lowest BCUT2D eigenvalue weighted by molar-refractivity contribution is -0.113. The number of nitrogens with zero attached hydrogens (tertiary/aromatic N) is 1. The van der Waals surface area contributed by atoms with Crippen molar-refractivity contribution in [2.45, 2.75) is 32.8 Å². The second-order valence-electron chi connectivity index (χ2n) is 7.91. The van der Waals surface area contributed by atoms with E-state index < -0.39 is 0 Å². The molecule has 1 saturated heterocycles. The molecule has 1 N–H and O–H groups in total. The predicted molar refractivity (Wildman–Crippen MR) is 130 cm³/mol. The summed E-state index contributed by atoms with van der Waals surface area (Å²) in [5, 5.41) is 3.28. The predicted octanol–water partition coefficient (Wildman–Crippen LogP) is 5.01. The summed E-state index contributed by atoms with van der Waals surface area (Å²) in [4.78, 5) is 14.5. The van der Waals surface area contributed by atoms with Crippen LogP contribution in [0.2, 0.25) is 0 Å². The first-order valence-electron chi connectivity index (χ1n) is 11.0. The summed E-state index contributed by atoms with van der Waals surface area (Å²) >= 11 is 5.42. The maximum absolute atomic E-state index is 13.1. The number of amides is 1. The first-order chi connectivity index (χ1) is 16.1. The third kappa shape index (κ3) is 4.36. The topological polar surface area (TPSA) is 63.9 Å². The van der Waals surface area contributed by atoms with E-state index in [1.165, 1.54) is 22.4 Å². The number of nitrogens with one attached hydrogen (secondary N) is 1. The number of ether oxygens (including phenoxy) is 2. The minimum atomic E-state index is -0.264. The van der Waals surface area contributed by atoms with Crippen molar-refractivity contribution in [2.75, 3.05) is 11.5 Å². The van der Waals surface area contributed by atoms with Crippen LogP contribution >= 0.6 is 12.2 Å². The average molecular weight is 461 g/mol. The molecule has 2 aliphatic rings. The Kier molecular flexibility index (Phi) is 5.88. The Bertz CT molecular complexity index is 1250. The molecule has 6 nitrogen and oxygen atoms in total. The van der Waals surface area contributed by atoms with E-state index in [1.54, 1.807) is 12.1 Å². The van der Waals surface area contributed by atoms with Gasteiger partial charge in [0.1, 0.15) is 35.3 Å². The fourth-order valence-corrected chi connectivity index (χ4v) is 4.45. The average Bonchev–Trinajstić information content (AvgIpc) is 3.53. The molecule has 1 aliphatic carbocycles. The number of carbonyl (C=O) groups excluding carboxylic acids is 1. The number of hydrogen-bond acceptors (Lipinski definition) is 5. The van der Waals surface area contributed by atoms with Crippen molar-refractivity contribution in [3.63, 3.8) is 0 Å². The number of carbonyl (C=O) groups is 1. The maximum Gasteiger partial charge on any atom is 0.281 e. The van der Waals surface area contributed by atoms with Gasteiger partial charge in [-0.05, 0) is 85.9 Å². The lowest BCUT2D eigenvalue weighted by Crippen LogP contribution is -2.30. The van der Waals surface area contributed by atoms with Crippen molar-refractivity contribution >= 4 is 35.0 Å². The quantitative estimate of drug-likeness (QED) is 0.395. The summed E-state index contributed by atoms with van der Waals surface area (Å²) in [5.74, 6) is 2.39. The van der Waals surface area contributed by atoms with Crippen molar-refractivity contribution in [3.05, 3.63) is 82.9 Å². The van der Waals surface area contributed by atoms with Gasteiger partial charge in [0.05, 0.1) is 12.3 Å². The first kappa shape index (κ1) is 21.3. The molecule has 3 aromatic rings. The summed E-state index contributed by atoms with van der Waals surface area (Å²) < 4.78 is 17.4. The Labute approximate surface area is 197 Å². The normalized spacial score (nSPS) is 16.3. The second-order valence-corrected chi connectivity index (χ2v) is 8.29. The highest BCUT2D eigenvalue weighted by molar-refractivity contribution is 7.80. The number of hydrogen-bond donors (Lipinski definition) is 1. The van der Waals surface area contributed by atoms with Crippen LogP contribution < -0.4 is 19.7 Å². The Hall–Kier alpha value is -3.58. The Balaban J connectivity index is 1.28. The molecule has 2 heterocycles. The SMILES string of the molecule is CCOc1ccccc1N1C(=O)/C(=C\c2ccc(COc3ccc4c(c3)CCC4)o2)NC1=S. The van der Waals surface area contributed by atoms with Crippen LogP contribution in [-0.2, 0) is 24.2 Å². The van der Waals surface area contributed by atoms with Crippen molar-refractivity contribution in [1.82, 2.24) is 5.32 Å². The van der Waals surface area contributed by atoms with Gasteiger partial charge in [0.2, 0.25) is 0 Å². The van der Waals surface area contributed by atoms with E-state index in [1.807, 2.05) is 43.3 Å². The molecule has 0 spiro atoms. The van der Waals surface area contributed by atoms with Gasteiger partial charge >= 0.3 is 0 Å². The van der Waals surface area contributed by atoms with E-state index in [0.717, 1.165) is 18.6 Å². The van der Waals surface area contributed by atoms with Gasteiger partial charge in [-0.3, -0.25) is 4.79 Å². The minimum absolute atomic E-state index is 0.264. The zero-order chi connectivity index (χ0) is 22.8. The Morgan fingerprint density at radius 3 is 2.82 bits per heavy atom. The van der Waals surface area contributed by atoms with Gasteiger partial charge in [-0.25, -0.2) is 4.90 Å². The molecule has 1 amide bonds. The molecule has 0 unspecified atom stereocenters. The van der Waals surface area contributed by atoms with Crippen molar-refractivity contribution < 1.29 is 18.7 Å². The molecule has 1 aromatic heterocycles. The van der Waals surface area contributed by atoms with Crippen molar-refractivity contribution in [1.29, 1.82) is 0 Å². The summed E-state index contributed by atoms with van der Waals surface area (Å²) in [6.45, 7) is 2.70. The van der Waals surface area contributed by atoms with Gasteiger partial charge < -0.3 is 19.2 Å². The number of fused-ring (bicyclic) bond motifs is 1. The van der Waals surface area contributed by atoms with Gasteiger partial charge in [0.25, 0.3) is 5.91 Å². The highest BCUT2D eigenvalue weighted by Crippen LogP contribution is 2.32. The maximum atomic E-state index is 13.1. The summed E-state index contributed by atoms with van der Waals surface area (Å²) in [6.07, 6.45) is 5.12. The Morgan fingerprint density at radius 2 is 1.94 bits per heavy atom. The summed E-state index contributed by atoms with van der Waals surface area (Å²) in [7, 11) is 0. The first-order valence-corrected chi connectivity index (χ1v) is 11.5. The van der Waals surface area contributed by atoms with Crippen molar-refractivity contribution in [3.8, 4) is 11.5 Å². The number of thiocarbonyl (C=S) groups is 1. The van der Waals surface area contributed by atoms with E-state index in [2.05, 4.69) is 17.4 Å². The van der Waals surface area contributed by atoms with Crippen LogP contribution in [0, 0.1) is 0 Å². The van der Waals surface area contributed by atoms with Crippen LogP contribution in [0.1, 0.15) is 36.0 Å². The molecule has 0 saturated carbocycles. The highest BCUT2D eigenvalue weighted by Gasteiger charge is 2.34. The van der Waals surface area contributed by atoms with Crippen LogP contribution in [0.15, 0.2) is 64.7 Å². The fraction of sp³-hybridized carbons (Fsp3) is 0.231. The molecule has 168 valence electrons. The number of benzene rings is 2. The van der Waals surface area contributed by atoms with Gasteiger partial charge in [-0.1, -0.05) is 18.2 Å². The van der Waals surface area contributed by atoms with E-state index in [9.17, 15) is 4.79 Å². The molecule has 2 aromatic carbocycles. The zero-order valence-electron chi connectivity index (χ0n) is 18.3. The molecule has 5 rings (SSSR count). The van der Waals surface area contributed by atoms with E-state index in [0.29, 0.717) is 47.0 Å². The van der Waals surface area contributed by atoms with Gasteiger partial charge in [-0.15, -0.1) is 0 Å². The number of rotatable bonds is 7. The third-order valence-corrected chi connectivity index (χ3v) is 5.99. The lowest BCUT2D eigenvalue weighted by atomic mass is 10.1. The number of anilines is 1. The molecule has 0 radical (unpaired) electrons. The zero-order valence-corrected chi connectivity index (χ0v) is 19.1.